The van der Waals surface area contributed by atoms with E-state index in [1.54, 1.807) is 0 Å². The molecule has 0 spiro atoms. The maximum absolute atomic E-state index is 13.2. The van der Waals surface area contributed by atoms with Gasteiger partial charge in [0.05, 0.1) is 13.7 Å². The van der Waals surface area contributed by atoms with Crippen LogP contribution in [-0.2, 0) is 12.5 Å². The summed E-state index contributed by atoms with van der Waals surface area (Å²) in [6, 6.07) is 0.915. The second kappa shape index (κ2) is 5.94. The molecule has 0 aliphatic carbocycles. The summed E-state index contributed by atoms with van der Waals surface area (Å²) in [5.74, 6) is -5.09. The van der Waals surface area contributed by atoms with Gasteiger partial charge in [-0.15, -0.1) is 0 Å². The molecule has 0 amide bonds. The van der Waals surface area contributed by atoms with Crippen LogP contribution in [0.25, 0.3) is 0 Å². The van der Waals surface area contributed by atoms with Gasteiger partial charge in [-0.1, -0.05) is 0 Å². The minimum absolute atomic E-state index is 0.0826. The molecule has 5 nitrogen and oxygen atoms in total. The Kier molecular flexibility index (Phi) is 4.35. The lowest BCUT2D eigenvalue weighted by atomic mass is 10.1. The van der Waals surface area contributed by atoms with E-state index in [4.69, 9.17) is 4.74 Å². The molecule has 0 aromatic carbocycles. The van der Waals surface area contributed by atoms with Gasteiger partial charge < -0.3 is 9.30 Å². The Morgan fingerprint density at radius 1 is 1.17 bits per heavy atom. The van der Waals surface area contributed by atoms with Crippen molar-refractivity contribution in [2.24, 2.45) is 0 Å². The van der Waals surface area contributed by atoms with Gasteiger partial charge in [-0.2, -0.15) is 22.0 Å². The standard InChI is InChI=1S/C13H10F5N3O2/c1-23-11-19-5-8(6-20-11)7-21-3-2-9(4-10(21)22)12(14,15)13(16,17)18/h2-6H,7H2,1H3. The molecule has 2 aromatic rings. The highest BCUT2D eigenvalue weighted by Gasteiger charge is 2.58. The summed E-state index contributed by atoms with van der Waals surface area (Å²) in [6.07, 6.45) is -2.22. The van der Waals surface area contributed by atoms with Crippen LogP contribution in [0.15, 0.2) is 35.5 Å². The van der Waals surface area contributed by atoms with E-state index in [2.05, 4.69) is 9.97 Å². The van der Waals surface area contributed by atoms with E-state index < -0.39 is 23.2 Å². The first kappa shape index (κ1) is 16.8. The number of halogens is 5. The number of hydrogen-bond donors (Lipinski definition) is 0. The summed E-state index contributed by atoms with van der Waals surface area (Å²) >= 11 is 0. The highest BCUT2D eigenvalue weighted by molar-refractivity contribution is 5.20. The first-order valence-corrected chi connectivity index (χ1v) is 6.15. The number of ether oxygens (including phenoxy) is 1. The van der Waals surface area contributed by atoms with E-state index in [0.717, 1.165) is 10.8 Å². The van der Waals surface area contributed by atoms with E-state index in [0.29, 0.717) is 11.6 Å². The number of rotatable bonds is 4. The Bertz CT molecular complexity index is 741. The van der Waals surface area contributed by atoms with E-state index in [1.165, 1.54) is 19.5 Å². The third-order valence-corrected chi connectivity index (χ3v) is 2.93. The number of nitrogens with zero attached hydrogens (tertiary/aromatic N) is 3. The summed E-state index contributed by atoms with van der Waals surface area (Å²) < 4.78 is 68.9. The molecule has 2 rings (SSSR count). The van der Waals surface area contributed by atoms with Gasteiger partial charge in [-0.3, -0.25) is 4.79 Å². The van der Waals surface area contributed by atoms with Crippen LogP contribution in [0.4, 0.5) is 22.0 Å². The molecular formula is C13H10F5N3O2. The molecular weight excluding hydrogens is 325 g/mol. The Balaban J connectivity index is 2.27. The first-order valence-electron chi connectivity index (χ1n) is 6.15. The average molecular weight is 335 g/mol. The molecule has 0 radical (unpaired) electrons. The van der Waals surface area contributed by atoms with Gasteiger partial charge in [0, 0.05) is 35.8 Å². The van der Waals surface area contributed by atoms with Gasteiger partial charge in [-0.25, -0.2) is 9.97 Å². The molecule has 23 heavy (non-hydrogen) atoms. The Morgan fingerprint density at radius 2 is 1.78 bits per heavy atom. The SMILES string of the molecule is COc1ncc(Cn2ccc(C(F)(F)C(F)(F)F)cc2=O)cn1. The molecule has 0 bridgehead atoms. The second-order valence-electron chi connectivity index (χ2n) is 4.53. The molecule has 0 saturated heterocycles. The first-order chi connectivity index (χ1) is 10.6. The van der Waals surface area contributed by atoms with Gasteiger partial charge in [0.2, 0.25) is 0 Å². The van der Waals surface area contributed by atoms with E-state index >= 15 is 0 Å². The number of alkyl halides is 5. The van der Waals surface area contributed by atoms with Crippen molar-refractivity contribution in [3.63, 3.8) is 0 Å². The van der Waals surface area contributed by atoms with Gasteiger partial charge in [0.1, 0.15) is 0 Å². The minimum Gasteiger partial charge on any atom is -0.467 e. The highest BCUT2D eigenvalue weighted by Crippen LogP contribution is 2.43. The largest absolute Gasteiger partial charge is 0.467 e. The molecule has 2 heterocycles. The molecule has 0 fully saturated rings. The highest BCUT2D eigenvalue weighted by atomic mass is 19.4. The molecule has 0 unspecified atom stereocenters. The lowest BCUT2D eigenvalue weighted by molar-refractivity contribution is -0.289. The predicted molar refractivity (Wildman–Crippen MR) is 68.3 cm³/mol. The monoisotopic (exact) mass is 335 g/mol. The second-order valence-corrected chi connectivity index (χ2v) is 4.53. The van der Waals surface area contributed by atoms with Crippen LogP contribution >= 0.6 is 0 Å². The Hall–Kier alpha value is -2.52. The molecule has 10 heteroatoms. The molecule has 0 atom stereocenters. The smallest absolute Gasteiger partial charge is 0.458 e. The lowest BCUT2D eigenvalue weighted by Gasteiger charge is -2.20. The van der Waals surface area contributed by atoms with Crippen molar-refractivity contribution in [2.45, 2.75) is 18.6 Å². The third kappa shape index (κ3) is 3.46. The van der Waals surface area contributed by atoms with Gasteiger partial charge in [0.15, 0.2) is 0 Å². The summed E-state index contributed by atoms with van der Waals surface area (Å²) in [6.45, 7) is -0.0826. The fourth-order valence-electron chi connectivity index (χ4n) is 1.72. The van der Waals surface area contributed by atoms with Gasteiger partial charge in [-0.05, 0) is 6.07 Å². The number of aromatic nitrogens is 3. The predicted octanol–water partition coefficient (Wildman–Crippen LogP) is 2.35. The molecule has 2 aromatic heterocycles. The van der Waals surface area contributed by atoms with Crippen LogP contribution < -0.4 is 10.3 Å². The molecule has 0 aliphatic heterocycles. The fraction of sp³-hybridized carbons (Fsp3) is 0.308. The lowest BCUT2D eigenvalue weighted by Crippen LogP contribution is -2.35. The Morgan fingerprint density at radius 3 is 2.26 bits per heavy atom. The van der Waals surface area contributed by atoms with E-state index in [1.807, 2.05) is 0 Å². The van der Waals surface area contributed by atoms with Crippen LogP contribution in [0.2, 0.25) is 0 Å². The van der Waals surface area contributed by atoms with Crippen LogP contribution in [0.1, 0.15) is 11.1 Å². The van der Waals surface area contributed by atoms with E-state index in [-0.39, 0.29) is 18.6 Å². The van der Waals surface area contributed by atoms with Crippen molar-refractivity contribution in [1.82, 2.24) is 14.5 Å². The van der Waals surface area contributed by atoms with Crippen molar-refractivity contribution in [3.05, 3.63) is 52.2 Å². The number of hydrogen-bond acceptors (Lipinski definition) is 4. The van der Waals surface area contributed by atoms with Crippen LogP contribution in [0.5, 0.6) is 6.01 Å². The van der Waals surface area contributed by atoms with E-state index in [9.17, 15) is 26.7 Å². The van der Waals surface area contributed by atoms with Crippen LogP contribution in [-0.4, -0.2) is 27.8 Å². The topological polar surface area (TPSA) is 57.0 Å². The van der Waals surface area contributed by atoms with Crippen molar-refractivity contribution < 1.29 is 26.7 Å². The Labute approximate surface area is 126 Å². The molecule has 0 saturated carbocycles. The maximum Gasteiger partial charge on any atom is 0.458 e. The number of methoxy groups -OCH3 is 1. The zero-order valence-electron chi connectivity index (χ0n) is 11.6. The minimum atomic E-state index is -5.77. The van der Waals surface area contributed by atoms with Gasteiger partial charge in [0.25, 0.3) is 5.56 Å². The van der Waals surface area contributed by atoms with Crippen LogP contribution in [0.3, 0.4) is 0 Å². The molecule has 0 N–H and O–H groups in total. The number of pyridine rings is 1. The van der Waals surface area contributed by atoms with Crippen molar-refractivity contribution in [1.29, 1.82) is 0 Å². The van der Waals surface area contributed by atoms with Crippen molar-refractivity contribution >= 4 is 0 Å². The van der Waals surface area contributed by atoms with Gasteiger partial charge >= 0.3 is 18.1 Å². The summed E-state index contributed by atoms with van der Waals surface area (Å²) in [5, 5.41) is 0. The maximum atomic E-state index is 13.2. The summed E-state index contributed by atoms with van der Waals surface area (Å²) in [5.41, 5.74) is -1.96. The molecule has 124 valence electrons. The normalized spacial score (nSPS) is 12.3. The zero-order chi connectivity index (χ0) is 17.3. The molecule has 0 aliphatic rings. The van der Waals surface area contributed by atoms with Crippen molar-refractivity contribution in [2.75, 3.05) is 7.11 Å². The fourth-order valence-corrected chi connectivity index (χ4v) is 1.72. The zero-order valence-corrected chi connectivity index (χ0v) is 11.6. The van der Waals surface area contributed by atoms with Crippen molar-refractivity contribution in [3.8, 4) is 6.01 Å². The quantitative estimate of drug-likeness (QED) is 0.805. The van der Waals surface area contributed by atoms with Crippen LogP contribution in [0, 0.1) is 0 Å². The summed E-state index contributed by atoms with van der Waals surface area (Å²) in [7, 11) is 1.36. The summed E-state index contributed by atoms with van der Waals surface area (Å²) in [4.78, 5) is 19.3. The third-order valence-electron chi connectivity index (χ3n) is 2.93. The average Bonchev–Trinajstić information content (AvgIpc) is 2.48.